The van der Waals surface area contributed by atoms with E-state index in [4.69, 9.17) is 5.14 Å². The first-order chi connectivity index (χ1) is 13.1. The zero-order valence-electron chi connectivity index (χ0n) is 15.7. The molecule has 0 spiro atoms. The number of benzene rings is 1. The van der Waals surface area contributed by atoms with Gasteiger partial charge >= 0.3 is 6.03 Å². The smallest absolute Gasteiger partial charge is 0.354 e. The first kappa shape index (κ1) is 19.3. The third-order valence-electron chi connectivity index (χ3n) is 4.91. The monoisotopic (exact) mass is 418 g/mol. The Hall–Kier alpha value is -2.07. The standard InChI is InChI=1S/C19H22N4O3S2/c1-19(2,25)17-21-10-15(27-17)28(20,26)23-18(24)22-16-13-7-3-5-11(13)9-12-6-4-8-14(12)16/h3,5,9-10,25H,4,6-8H2,1-2H3,(H3,20,22,23,24,26). The van der Waals surface area contributed by atoms with Crippen molar-refractivity contribution in [2.45, 2.75) is 49.3 Å². The van der Waals surface area contributed by atoms with Crippen molar-refractivity contribution < 1.29 is 14.1 Å². The van der Waals surface area contributed by atoms with Crippen LogP contribution < -0.4 is 10.5 Å². The fourth-order valence-corrected chi connectivity index (χ4v) is 5.67. The summed E-state index contributed by atoms with van der Waals surface area (Å²) >= 11 is 0.990. The zero-order valence-corrected chi connectivity index (χ0v) is 17.3. The lowest BCUT2D eigenvalue weighted by Crippen LogP contribution is -2.18. The van der Waals surface area contributed by atoms with Gasteiger partial charge in [0.2, 0.25) is 0 Å². The zero-order chi connectivity index (χ0) is 20.1. The number of aliphatic hydroxyl groups is 1. The molecule has 9 heteroatoms. The number of rotatable bonds is 3. The molecule has 0 radical (unpaired) electrons. The molecule has 2 aliphatic rings. The predicted molar refractivity (Wildman–Crippen MR) is 111 cm³/mol. The van der Waals surface area contributed by atoms with Gasteiger partial charge in [-0.15, -0.1) is 15.7 Å². The number of thiazole rings is 1. The fourth-order valence-electron chi connectivity index (χ4n) is 3.61. The highest BCUT2D eigenvalue weighted by Crippen LogP contribution is 2.38. The molecule has 28 heavy (non-hydrogen) atoms. The van der Waals surface area contributed by atoms with Crippen LogP contribution >= 0.6 is 11.3 Å². The van der Waals surface area contributed by atoms with Gasteiger partial charge in [0.15, 0.2) is 9.92 Å². The molecule has 1 unspecified atom stereocenters. The Kier molecular flexibility index (Phi) is 4.65. The summed E-state index contributed by atoms with van der Waals surface area (Å²) in [5, 5.41) is 19.1. The molecule has 1 atom stereocenters. The summed E-state index contributed by atoms with van der Waals surface area (Å²) in [7, 11) is -3.45. The van der Waals surface area contributed by atoms with Crippen LogP contribution in [0.1, 0.15) is 47.5 Å². The second-order valence-electron chi connectivity index (χ2n) is 7.55. The van der Waals surface area contributed by atoms with Crippen molar-refractivity contribution in [3.8, 4) is 0 Å². The molecule has 2 aliphatic carbocycles. The summed E-state index contributed by atoms with van der Waals surface area (Å²) in [5.41, 5.74) is 4.15. The minimum atomic E-state index is -3.45. The Morgan fingerprint density at radius 3 is 2.89 bits per heavy atom. The third kappa shape index (κ3) is 3.50. The van der Waals surface area contributed by atoms with Crippen molar-refractivity contribution in [1.29, 1.82) is 0 Å². The van der Waals surface area contributed by atoms with Crippen molar-refractivity contribution in [3.63, 3.8) is 0 Å². The number of nitrogens with one attached hydrogen (secondary N) is 1. The molecule has 4 rings (SSSR count). The average molecular weight is 419 g/mol. The number of nitrogens with zero attached hydrogens (tertiary/aromatic N) is 2. The Bertz CT molecular complexity index is 1120. The Labute approximate surface area is 168 Å². The van der Waals surface area contributed by atoms with Crippen LogP contribution in [-0.4, -0.2) is 20.3 Å². The van der Waals surface area contributed by atoms with Crippen LogP contribution in [0.4, 0.5) is 10.5 Å². The van der Waals surface area contributed by atoms with E-state index in [0.717, 1.165) is 59.4 Å². The largest absolute Gasteiger partial charge is 0.383 e. The highest BCUT2D eigenvalue weighted by molar-refractivity contribution is 7.93. The maximum absolute atomic E-state index is 12.8. The van der Waals surface area contributed by atoms with E-state index in [-0.39, 0.29) is 4.21 Å². The van der Waals surface area contributed by atoms with Crippen LogP contribution in [0.5, 0.6) is 0 Å². The molecule has 0 aliphatic heterocycles. The molecule has 1 heterocycles. The molecule has 0 saturated heterocycles. The van der Waals surface area contributed by atoms with E-state index in [1.54, 1.807) is 13.8 Å². The summed E-state index contributed by atoms with van der Waals surface area (Å²) in [6.07, 6.45) is 9.12. The van der Waals surface area contributed by atoms with E-state index in [2.05, 4.69) is 32.9 Å². The molecule has 0 fully saturated rings. The average Bonchev–Trinajstić information content (AvgIpc) is 3.33. The molecule has 1 aromatic heterocycles. The number of hydrogen-bond donors (Lipinski definition) is 3. The first-order valence-corrected chi connectivity index (χ1v) is 11.4. The number of anilines is 1. The number of allylic oxidation sites excluding steroid dienone is 1. The van der Waals surface area contributed by atoms with E-state index in [1.807, 2.05) is 0 Å². The molecule has 2 aromatic rings. The molecule has 1 aromatic carbocycles. The van der Waals surface area contributed by atoms with Gasteiger partial charge in [0.25, 0.3) is 0 Å². The van der Waals surface area contributed by atoms with E-state index >= 15 is 0 Å². The molecular weight excluding hydrogens is 396 g/mol. The van der Waals surface area contributed by atoms with E-state index in [9.17, 15) is 14.1 Å². The SMILES string of the molecule is CC(C)(O)c1ncc(S(N)(=O)=NC(=O)Nc2c3c(cc4c2CCC4)C=CC3)s1. The summed E-state index contributed by atoms with van der Waals surface area (Å²) in [4.78, 5) is 16.6. The second-order valence-corrected chi connectivity index (χ2v) is 10.6. The number of carbonyl (C=O) groups excluding carboxylic acids is 1. The number of aromatic nitrogens is 1. The highest BCUT2D eigenvalue weighted by atomic mass is 32.2. The summed E-state index contributed by atoms with van der Waals surface area (Å²) in [6, 6.07) is 1.45. The summed E-state index contributed by atoms with van der Waals surface area (Å²) in [5.74, 6) is 0. The number of urea groups is 1. The van der Waals surface area contributed by atoms with Crippen LogP contribution in [0.15, 0.2) is 26.9 Å². The molecular formula is C19H22N4O3S2. The van der Waals surface area contributed by atoms with Gasteiger partial charge in [-0.3, -0.25) is 0 Å². The van der Waals surface area contributed by atoms with E-state index < -0.39 is 21.5 Å². The van der Waals surface area contributed by atoms with Crippen LogP contribution in [0.25, 0.3) is 6.08 Å². The molecule has 0 saturated carbocycles. The van der Waals surface area contributed by atoms with Gasteiger partial charge in [0.05, 0.1) is 11.9 Å². The van der Waals surface area contributed by atoms with Crippen molar-refractivity contribution in [1.82, 2.24) is 4.98 Å². The minimum absolute atomic E-state index is 0.157. The van der Waals surface area contributed by atoms with Crippen LogP contribution in [0.3, 0.4) is 0 Å². The normalized spacial score (nSPS) is 17.1. The van der Waals surface area contributed by atoms with E-state index in [1.165, 1.54) is 11.8 Å². The van der Waals surface area contributed by atoms with Gasteiger partial charge in [-0.2, -0.15) is 0 Å². The number of fused-ring (bicyclic) bond motifs is 2. The second kappa shape index (κ2) is 6.77. The highest BCUT2D eigenvalue weighted by Gasteiger charge is 2.25. The quantitative estimate of drug-likeness (QED) is 0.708. The summed E-state index contributed by atoms with van der Waals surface area (Å²) in [6.45, 7) is 3.14. The van der Waals surface area contributed by atoms with Crippen molar-refractivity contribution >= 4 is 39.0 Å². The molecule has 148 valence electrons. The number of carbonyl (C=O) groups is 1. The number of aryl methyl sites for hydroxylation is 1. The fraction of sp³-hybridized carbons (Fsp3) is 0.368. The number of amides is 2. The van der Waals surface area contributed by atoms with Crippen LogP contribution in [0, 0.1) is 0 Å². The third-order valence-corrected chi connectivity index (χ3v) is 8.10. The lowest BCUT2D eigenvalue weighted by atomic mass is 9.98. The lowest BCUT2D eigenvalue weighted by molar-refractivity contribution is 0.0783. The Morgan fingerprint density at radius 1 is 1.39 bits per heavy atom. The predicted octanol–water partition coefficient (Wildman–Crippen LogP) is 3.36. The molecule has 2 amide bonds. The van der Waals surface area contributed by atoms with Crippen molar-refractivity contribution in [3.05, 3.63) is 45.6 Å². The molecule has 7 nitrogen and oxygen atoms in total. The Balaban J connectivity index is 1.65. The molecule has 0 bridgehead atoms. The number of nitrogens with two attached hydrogens (primary N) is 1. The Morgan fingerprint density at radius 2 is 2.18 bits per heavy atom. The van der Waals surface area contributed by atoms with E-state index in [0.29, 0.717) is 5.01 Å². The van der Waals surface area contributed by atoms with Gasteiger partial charge in [-0.05, 0) is 61.8 Å². The van der Waals surface area contributed by atoms with Gasteiger partial charge in [-0.25, -0.2) is 19.1 Å². The van der Waals surface area contributed by atoms with Crippen LogP contribution in [-0.2, 0) is 34.8 Å². The van der Waals surface area contributed by atoms with Crippen LogP contribution in [0.2, 0.25) is 0 Å². The lowest BCUT2D eigenvalue weighted by Gasteiger charge is -2.15. The minimum Gasteiger partial charge on any atom is -0.383 e. The first-order valence-electron chi connectivity index (χ1n) is 9.04. The van der Waals surface area contributed by atoms with Crippen molar-refractivity contribution in [2.75, 3.05) is 5.32 Å². The molecule has 4 N–H and O–H groups in total. The summed E-state index contributed by atoms with van der Waals surface area (Å²) < 4.78 is 16.7. The topological polar surface area (TPSA) is 118 Å². The van der Waals surface area contributed by atoms with Crippen molar-refractivity contribution in [2.24, 2.45) is 9.50 Å². The number of hydrogen-bond acceptors (Lipinski definition) is 5. The van der Waals surface area contributed by atoms with Gasteiger partial charge in [-0.1, -0.05) is 18.2 Å². The van der Waals surface area contributed by atoms with Gasteiger partial charge in [0.1, 0.15) is 14.8 Å². The van der Waals surface area contributed by atoms with Gasteiger partial charge < -0.3 is 10.4 Å². The van der Waals surface area contributed by atoms with Gasteiger partial charge in [0, 0.05) is 0 Å². The maximum Gasteiger partial charge on any atom is 0.354 e. The maximum atomic E-state index is 12.8.